The van der Waals surface area contributed by atoms with Crippen molar-refractivity contribution in [2.24, 2.45) is 0 Å². The Kier molecular flexibility index (Phi) is 5.99. The molecule has 0 unspecified atom stereocenters. The van der Waals surface area contributed by atoms with Gasteiger partial charge in [0, 0.05) is 12.7 Å². The molecule has 0 saturated carbocycles. The molecule has 1 aromatic heterocycles. The van der Waals surface area contributed by atoms with Crippen LogP contribution in [0.3, 0.4) is 0 Å². The van der Waals surface area contributed by atoms with Crippen LogP contribution in [-0.4, -0.2) is 42.4 Å². The summed E-state index contributed by atoms with van der Waals surface area (Å²) in [5.74, 6) is -0.201. The lowest BCUT2D eigenvalue weighted by Crippen LogP contribution is -2.28. The van der Waals surface area contributed by atoms with Crippen LogP contribution in [0.4, 0.5) is 0 Å². The summed E-state index contributed by atoms with van der Waals surface area (Å²) in [5.41, 5.74) is 0.490. The molecule has 1 amide bonds. The van der Waals surface area contributed by atoms with Crippen LogP contribution in [0.25, 0.3) is 0 Å². The second-order valence-electron chi connectivity index (χ2n) is 2.93. The molecule has 0 bridgehead atoms. The zero-order valence-electron chi connectivity index (χ0n) is 8.65. The largest absolute Gasteiger partial charge is 0.394 e. The van der Waals surface area contributed by atoms with E-state index in [2.05, 4.69) is 26.2 Å². The molecule has 0 spiro atoms. The Bertz CT molecular complexity index is 347. The van der Waals surface area contributed by atoms with E-state index in [0.717, 1.165) is 0 Å². The van der Waals surface area contributed by atoms with Gasteiger partial charge in [-0.05, 0) is 28.1 Å². The van der Waals surface area contributed by atoms with Crippen molar-refractivity contribution >= 4 is 21.8 Å². The van der Waals surface area contributed by atoms with Gasteiger partial charge in [-0.3, -0.25) is 4.79 Å². The minimum absolute atomic E-state index is 0.0118. The van der Waals surface area contributed by atoms with Gasteiger partial charge in [0.1, 0.15) is 4.60 Å². The summed E-state index contributed by atoms with van der Waals surface area (Å²) < 4.78 is 5.52. The molecule has 0 atom stereocenters. The van der Waals surface area contributed by atoms with E-state index in [1.165, 1.54) is 0 Å². The van der Waals surface area contributed by atoms with E-state index in [0.29, 0.717) is 23.3 Å². The molecule has 1 rings (SSSR count). The SMILES string of the molecule is O=C(NCCOCCO)c1cccnc1Br. The molecule has 5 nitrogen and oxygen atoms in total. The van der Waals surface area contributed by atoms with Crippen molar-refractivity contribution in [3.8, 4) is 0 Å². The molecule has 6 heteroatoms. The van der Waals surface area contributed by atoms with E-state index < -0.39 is 0 Å². The van der Waals surface area contributed by atoms with Crippen molar-refractivity contribution in [3.63, 3.8) is 0 Å². The predicted molar refractivity (Wildman–Crippen MR) is 62.2 cm³/mol. The van der Waals surface area contributed by atoms with Crippen LogP contribution in [0.1, 0.15) is 10.4 Å². The molecule has 88 valence electrons. The van der Waals surface area contributed by atoms with Gasteiger partial charge in [-0.1, -0.05) is 0 Å². The first-order valence-corrected chi connectivity index (χ1v) is 5.62. The molecule has 2 N–H and O–H groups in total. The number of ether oxygens (including phenoxy) is 1. The van der Waals surface area contributed by atoms with E-state index in [-0.39, 0.29) is 19.1 Å². The second kappa shape index (κ2) is 7.32. The monoisotopic (exact) mass is 288 g/mol. The Morgan fingerprint density at radius 2 is 2.38 bits per heavy atom. The van der Waals surface area contributed by atoms with E-state index in [9.17, 15) is 4.79 Å². The minimum atomic E-state index is -0.201. The molecule has 0 aliphatic heterocycles. The van der Waals surface area contributed by atoms with Crippen LogP contribution in [-0.2, 0) is 4.74 Å². The highest BCUT2D eigenvalue weighted by Crippen LogP contribution is 2.11. The summed E-state index contributed by atoms with van der Waals surface area (Å²) in [4.78, 5) is 15.6. The van der Waals surface area contributed by atoms with Crippen molar-refractivity contribution in [2.75, 3.05) is 26.4 Å². The first kappa shape index (κ1) is 13.1. The molecule has 0 aliphatic rings. The van der Waals surface area contributed by atoms with Crippen molar-refractivity contribution in [3.05, 3.63) is 28.5 Å². The Morgan fingerprint density at radius 1 is 1.56 bits per heavy atom. The Hall–Kier alpha value is -0.980. The van der Waals surface area contributed by atoms with Crippen molar-refractivity contribution in [1.82, 2.24) is 10.3 Å². The van der Waals surface area contributed by atoms with Crippen LogP contribution in [0, 0.1) is 0 Å². The molecule has 0 saturated heterocycles. The number of rotatable bonds is 6. The van der Waals surface area contributed by atoms with E-state index in [4.69, 9.17) is 9.84 Å². The smallest absolute Gasteiger partial charge is 0.254 e. The fourth-order valence-corrected chi connectivity index (χ4v) is 1.48. The molecule has 0 radical (unpaired) electrons. The fraction of sp³-hybridized carbons (Fsp3) is 0.400. The van der Waals surface area contributed by atoms with Crippen LogP contribution in [0.15, 0.2) is 22.9 Å². The molecule has 0 aromatic carbocycles. The number of aliphatic hydroxyl groups is 1. The maximum Gasteiger partial charge on any atom is 0.254 e. The van der Waals surface area contributed by atoms with Gasteiger partial charge < -0.3 is 15.2 Å². The summed E-state index contributed by atoms with van der Waals surface area (Å²) in [6, 6.07) is 3.38. The molecular weight excluding hydrogens is 276 g/mol. The van der Waals surface area contributed by atoms with Gasteiger partial charge in [-0.25, -0.2) is 4.98 Å². The number of nitrogens with zero attached hydrogens (tertiary/aromatic N) is 1. The lowest BCUT2D eigenvalue weighted by molar-refractivity contribution is 0.0837. The van der Waals surface area contributed by atoms with Gasteiger partial charge in [0.05, 0.1) is 25.4 Å². The van der Waals surface area contributed by atoms with Crippen molar-refractivity contribution in [2.45, 2.75) is 0 Å². The number of pyridine rings is 1. The van der Waals surface area contributed by atoms with E-state index in [1.54, 1.807) is 18.3 Å². The topological polar surface area (TPSA) is 71.5 Å². The summed E-state index contributed by atoms with van der Waals surface area (Å²) in [6.45, 7) is 1.05. The standard InChI is InChI=1S/C10H13BrN2O3/c11-9-8(2-1-3-12-9)10(15)13-4-6-16-7-5-14/h1-3,14H,4-7H2,(H,13,15). The molecule has 1 aromatic rings. The highest BCUT2D eigenvalue weighted by atomic mass is 79.9. The number of aromatic nitrogens is 1. The van der Waals surface area contributed by atoms with E-state index in [1.807, 2.05) is 0 Å². The second-order valence-corrected chi connectivity index (χ2v) is 3.68. The van der Waals surface area contributed by atoms with Crippen molar-refractivity contribution < 1.29 is 14.6 Å². The molecule has 0 fully saturated rings. The molecular formula is C10H13BrN2O3. The third-order valence-corrected chi connectivity index (χ3v) is 2.40. The fourth-order valence-electron chi connectivity index (χ4n) is 1.05. The summed E-state index contributed by atoms with van der Waals surface area (Å²) in [7, 11) is 0. The molecule has 1 heterocycles. The van der Waals surface area contributed by atoms with Crippen LogP contribution < -0.4 is 5.32 Å². The van der Waals surface area contributed by atoms with Gasteiger partial charge in [0.15, 0.2) is 0 Å². The number of carbonyl (C=O) groups excluding carboxylic acids is 1. The van der Waals surface area contributed by atoms with Crippen LogP contribution in [0.5, 0.6) is 0 Å². The molecule has 16 heavy (non-hydrogen) atoms. The number of nitrogens with one attached hydrogen (secondary N) is 1. The Labute approximate surface area is 102 Å². The highest BCUT2D eigenvalue weighted by molar-refractivity contribution is 9.10. The third-order valence-electron chi connectivity index (χ3n) is 1.77. The zero-order valence-corrected chi connectivity index (χ0v) is 10.2. The Balaban J connectivity index is 2.33. The predicted octanol–water partition coefficient (Wildman–Crippen LogP) is 0.583. The average molecular weight is 289 g/mol. The average Bonchev–Trinajstić information content (AvgIpc) is 2.29. The lowest BCUT2D eigenvalue weighted by Gasteiger charge is -2.06. The van der Waals surface area contributed by atoms with Gasteiger partial charge in [0.2, 0.25) is 0 Å². The van der Waals surface area contributed by atoms with Crippen LogP contribution in [0.2, 0.25) is 0 Å². The molecule has 0 aliphatic carbocycles. The van der Waals surface area contributed by atoms with Gasteiger partial charge in [-0.15, -0.1) is 0 Å². The number of amides is 1. The van der Waals surface area contributed by atoms with Crippen LogP contribution >= 0.6 is 15.9 Å². The summed E-state index contributed by atoms with van der Waals surface area (Å²) in [6.07, 6.45) is 1.60. The zero-order chi connectivity index (χ0) is 11.8. The maximum absolute atomic E-state index is 11.6. The quantitative estimate of drug-likeness (QED) is 0.593. The number of hydrogen-bond donors (Lipinski definition) is 2. The number of carbonyl (C=O) groups is 1. The minimum Gasteiger partial charge on any atom is -0.394 e. The third kappa shape index (κ3) is 4.26. The number of hydrogen-bond acceptors (Lipinski definition) is 4. The number of aliphatic hydroxyl groups excluding tert-OH is 1. The highest BCUT2D eigenvalue weighted by Gasteiger charge is 2.08. The normalized spacial score (nSPS) is 10.1. The van der Waals surface area contributed by atoms with Gasteiger partial charge in [0.25, 0.3) is 5.91 Å². The van der Waals surface area contributed by atoms with Gasteiger partial charge >= 0.3 is 0 Å². The lowest BCUT2D eigenvalue weighted by atomic mass is 10.3. The van der Waals surface area contributed by atoms with E-state index >= 15 is 0 Å². The van der Waals surface area contributed by atoms with Crippen molar-refractivity contribution in [1.29, 1.82) is 0 Å². The van der Waals surface area contributed by atoms with Gasteiger partial charge in [-0.2, -0.15) is 0 Å². The Morgan fingerprint density at radius 3 is 3.06 bits per heavy atom. The number of halogens is 1. The first-order valence-electron chi connectivity index (χ1n) is 4.83. The summed E-state index contributed by atoms with van der Waals surface area (Å²) in [5, 5.41) is 11.1. The summed E-state index contributed by atoms with van der Waals surface area (Å²) >= 11 is 3.19. The maximum atomic E-state index is 11.6. The first-order chi connectivity index (χ1) is 7.75.